The summed E-state index contributed by atoms with van der Waals surface area (Å²) in [5, 5.41) is 0. The lowest BCUT2D eigenvalue weighted by atomic mass is 10.2. The molecular formula is C7H13O6PS. The van der Waals surface area contributed by atoms with E-state index in [-0.39, 0.29) is 25.9 Å². The highest BCUT2D eigenvalue weighted by atomic mass is 32.2. The van der Waals surface area contributed by atoms with Gasteiger partial charge in [-0.05, 0) is 12.8 Å². The maximum atomic E-state index is 11.5. The molecule has 0 aromatic heterocycles. The van der Waals surface area contributed by atoms with Gasteiger partial charge in [0.25, 0.3) is 0 Å². The third kappa shape index (κ3) is 3.34. The Morgan fingerprint density at radius 1 is 1.40 bits per heavy atom. The number of rotatable bonds is 3. The van der Waals surface area contributed by atoms with Crippen LogP contribution in [-0.2, 0) is 33.4 Å². The van der Waals surface area contributed by atoms with E-state index in [1.807, 2.05) is 0 Å². The van der Waals surface area contributed by atoms with Gasteiger partial charge in [0, 0.05) is 5.75 Å². The van der Waals surface area contributed by atoms with Crippen molar-refractivity contribution in [2.24, 2.45) is 0 Å². The summed E-state index contributed by atoms with van der Waals surface area (Å²) < 4.78 is 42.4. The van der Waals surface area contributed by atoms with Crippen molar-refractivity contribution in [1.82, 2.24) is 0 Å². The molecule has 2 heterocycles. The van der Waals surface area contributed by atoms with Crippen LogP contribution < -0.4 is 0 Å². The van der Waals surface area contributed by atoms with Gasteiger partial charge in [-0.25, -0.2) is 8.77 Å². The summed E-state index contributed by atoms with van der Waals surface area (Å²) in [6.07, 6.45) is 1.30. The monoisotopic (exact) mass is 256 g/mol. The van der Waals surface area contributed by atoms with Gasteiger partial charge in [-0.2, -0.15) is 0 Å². The normalized spacial score (nSPS) is 35.5. The van der Waals surface area contributed by atoms with Gasteiger partial charge in [-0.1, -0.05) is 0 Å². The Morgan fingerprint density at radius 3 is 2.80 bits per heavy atom. The quantitative estimate of drug-likeness (QED) is 0.701. The molecule has 2 aliphatic heterocycles. The van der Waals surface area contributed by atoms with E-state index in [9.17, 15) is 8.77 Å². The van der Waals surface area contributed by atoms with Crippen molar-refractivity contribution < 1.29 is 26.5 Å². The zero-order valence-corrected chi connectivity index (χ0v) is 9.84. The first kappa shape index (κ1) is 11.7. The third-order valence-electron chi connectivity index (χ3n) is 2.08. The van der Waals surface area contributed by atoms with E-state index in [0.29, 0.717) is 5.75 Å². The molecule has 2 atom stereocenters. The Hall–Kier alpha value is 0.220. The molecule has 8 heteroatoms. The highest BCUT2D eigenvalue weighted by molar-refractivity contribution is 7.80. The molecule has 2 saturated heterocycles. The fraction of sp³-hybridized carbons (Fsp3) is 1.00. The first-order chi connectivity index (χ1) is 7.18. The van der Waals surface area contributed by atoms with Crippen molar-refractivity contribution >= 4 is 18.9 Å². The molecule has 0 aliphatic carbocycles. The van der Waals surface area contributed by atoms with Crippen LogP contribution in [0, 0.1) is 0 Å². The first-order valence-corrected chi connectivity index (χ1v) is 7.48. The fourth-order valence-corrected chi connectivity index (χ4v) is 3.50. The van der Waals surface area contributed by atoms with Gasteiger partial charge in [0.1, 0.15) is 0 Å². The van der Waals surface area contributed by atoms with Crippen LogP contribution in [0.5, 0.6) is 0 Å². The highest BCUT2D eigenvalue weighted by Gasteiger charge is 2.33. The first-order valence-electron chi connectivity index (χ1n) is 4.77. The van der Waals surface area contributed by atoms with Crippen molar-refractivity contribution in [3.05, 3.63) is 0 Å². The van der Waals surface area contributed by atoms with Crippen LogP contribution in [0.15, 0.2) is 0 Å². The van der Waals surface area contributed by atoms with E-state index in [1.165, 1.54) is 0 Å². The Kier molecular flexibility index (Phi) is 3.93. The van der Waals surface area contributed by atoms with Gasteiger partial charge in [0.15, 0.2) is 11.1 Å². The standard InChI is InChI=1S/C7H13O6PS/c8-14(10-3-4-11-14)12-6-7-2-1-5-15(9)13-7/h7H,1-6H2. The Morgan fingerprint density at radius 2 is 2.13 bits per heavy atom. The summed E-state index contributed by atoms with van der Waals surface area (Å²) in [5.74, 6) is 0.557. The predicted molar refractivity (Wildman–Crippen MR) is 52.6 cm³/mol. The van der Waals surface area contributed by atoms with Crippen molar-refractivity contribution in [3.8, 4) is 0 Å². The zero-order chi connectivity index (χ0) is 10.7. The fourth-order valence-electron chi connectivity index (χ4n) is 1.37. The van der Waals surface area contributed by atoms with E-state index in [2.05, 4.69) is 0 Å². The molecule has 0 bridgehead atoms. The summed E-state index contributed by atoms with van der Waals surface area (Å²) in [7, 11) is -3.34. The third-order valence-corrected chi connectivity index (χ3v) is 4.65. The van der Waals surface area contributed by atoms with Crippen molar-refractivity contribution in [1.29, 1.82) is 0 Å². The molecule has 2 unspecified atom stereocenters. The molecule has 0 amide bonds. The summed E-state index contributed by atoms with van der Waals surface area (Å²) in [6.45, 7) is 0.673. The van der Waals surface area contributed by atoms with E-state index in [1.54, 1.807) is 0 Å². The van der Waals surface area contributed by atoms with Gasteiger partial charge in [0.2, 0.25) is 0 Å². The molecule has 15 heavy (non-hydrogen) atoms. The molecule has 0 aromatic rings. The lowest BCUT2D eigenvalue weighted by Gasteiger charge is -2.21. The summed E-state index contributed by atoms with van der Waals surface area (Å²) in [4.78, 5) is 0. The van der Waals surface area contributed by atoms with Gasteiger partial charge < -0.3 is 0 Å². The topological polar surface area (TPSA) is 71.1 Å². The molecular weight excluding hydrogens is 243 g/mol. The molecule has 0 saturated carbocycles. The maximum Gasteiger partial charge on any atom is 0.475 e. The maximum absolute atomic E-state index is 11.5. The lowest BCUT2D eigenvalue weighted by molar-refractivity contribution is 0.0980. The molecule has 88 valence electrons. The smallest absolute Gasteiger partial charge is 0.285 e. The van der Waals surface area contributed by atoms with Crippen LogP contribution in [-0.4, -0.2) is 35.9 Å². The van der Waals surface area contributed by atoms with Gasteiger partial charge in [0.05, 0.1) is 25.9 Å². The summed E-state index contributed by atoms with van der Waals surface area (Å²) >= 11 is -1.24. The minimum absolute atomic E-state index is 0.100. The van der Waals surface area contributed by atoms with Gasteiger partial charge in [-0.15, -0.1) is 0 Å². The average Bonchev–Trinajstić information content (AvgIpc) is 2.63. The largest absolute Gasteiger partial charge is 0.475 e. The minimum Gasteiger partial charge on any atom is -0.285 e. The number of phosphoric ester groups is 1. The van der Waals surface area contributed by atoms with Gasteiger partial charge >= 0.3 is 7.82 Å². The minimum atomic E-state index is -3.34. The number of phosphoric acid groups is 1. The molecule has 0 N–H and O–H groups in total. The molecule has 0 spiro atoms. The molecule has 2 aliphatic rings. The van der Waals surface area contributed by atoms with Crippen LogP contribution in [0.4, 0.5) is 0 Å². The molecule has 2 fully saturated rings. The van der Waals surface area contributed by atoms with E-state index in [0.717, 1.165) is 12.8 Å². The lowest BCUT2D eigenvalue weighted by Crippen LogP contribution is -2.26. The Balaban J connectivity index is 1.77. The van der Waals surface area contributed by atoms with Crippen LogP contribution in [0.2, 0.25) is 0 Å². The van der Waals surface area contributed by atoms with E-state index in [4.69, 9.17) is 17.8 Å². The second-order valence-corrected chi connectivity index (χ2v) is 6.15. The average molecular weight is 256 g/mol. The van der Waals surface area contributed by atoms with E-state index >= 15 is 0 Å². The summed E-state index contributed by atoms with van der Waals surface area (Å²) in [6, 6.07) is 0. The van der Waals surface area contributed by atoms with Crippen molar-refractivity contribution in [2.75, 3.05) is 25.6 Å². The zero-order valence-electron chi connectivity index (χ0n) is 8.12. The second kappa shape index (κ2) is 5.03. The number of hydrogen-bond acceptors (Lipinski definition) is 6. The SMILES string of the molecule is O=S1CCCC(COP2(=O)OCCO2)O1. The molecule has 0 radical (unpaired) electrons. The van der Waals surface area contributed by atoms with Crippen molar-refractivity contribution in [3.63, 3.8) is 0 Å². The van der Waals surface area contributed by atoms with E-state index < -0.39 is 18.9 Å². The second-order valence-electron chi connectivity index (χ2n) is 3.28. The van der Waals surface area contributed by atoms with Crippen LogP contribution in [0.3, 0.4) is 0 Å². The molecule has 2 rings (SSSR count). The van der Waals surface area contributed by atoms with Crippen LogP contribution in [0.1, 0.15) is 12.8 Å². The predicted octanol–water partition coefficient (Wildman–Crippen LogP) is 1.00. The molecule has 0 aromatic carbocycles. The van der Waals surface area contributed by atoms with Crippen LogP contribution >= 0.6 is 7.82 Å². The Bertz CT molecular complexity index is 285. The number of hydrogen-bond donors (Lipinski definition) is 0. The van der Waals surface area contributed by atoms with Crippen LogP contribution in [0.25, 0.3) is 0 Å². The highest BCUT2D eigenvalue weighted by Crippen LogP contribution is 2.52. The molecule has 6 nitrogen and oxygen atoms in total. The summed E-state index contributed by atoms with van der Waals surface area (Å²) in [5.41, 5.74) is 0. The van der Waals surface area contributed by atoms with Gasteiger partial charge in [-0.3, -0.25) is 17.8 Å². The Labute approximate surface area is 90.5 Å². The van der Waals surface area contributed by atoms with Crippen molar-refractivity contribution in [2.45, 2.75) is 18.9 Å².